The number of hydrogen-bond acceptors (Lipinski definition) is 15. The minimum absolute atomic E-state index is 0.00756. The first kappa shape index (κ1) is 49.4. The van der Waals surface area contributed by atoms with Gasteiger partial charge in [0.2, 0.25) is 0 Å². The van der Waals surface area contributed by atoms with Crippen molar-refractivity contribution >= 4 is 55.4 Å². The number of aromatic nitrogens is 4. The van der Waals surface area contributed by atoms with Crippen molar-refractivity contribution in [3.05, 3.63) is 146 Å². The van der Waals surface area contributed by atoms with Crippen molar-refractivity contribution in [3.63, 3.8) is 0 Å². The van der Waals surface area contributed by atoms with Crippen LogP contribution in [0.2, 0.25) is 5.04 Å². The van der Waals surface area contributed by atoms with Crippen LogP contribution in [0, 0.1) is 11.3 Å². The predicted molar refractivity (Wildman–Crippen MR) is 255 cm³/mol. The van der Waals surface area contributed by atoms with Crippen LogP contribution in [-0.4, -0.2) is 86.0 Å². The Bertz CT molecular complexity index is 2710. The second kappa shape index (κ2) is 22.0. The van der Waals surface area contributed by atoms with E-state index in [2.05, 4.69) is 71.9 Å². The second-order valence-corrected chi connectivity index (χ2v) is 22.5. The summed E-state index contributed by atoms with van der Waals surface area (Å²) in [7, 11) is -5.16. The van der Waals surface area contributed by atoms with Gasteiger partial charge in [-0.25, -0.2) is 24.3 Å². The number of anilines is 1. The Morgan fingerprint density at radius 3 is 2.18 bits per heavy atom. The summed E-state index contributed by atoms with van der Waals surface area (Å²) in [5, 5.41) is 13.8. The molecular formula is C49H53N6O11PSi. The molecule has 1 N–H and O–H groups in total. The number of ketones is 1. The van der Waals surface area contributed by atoms with E-state index in [9.17, 15) is 14.9 Å². The normalized spacial score (nSPS) is 17.4. The largest absolute Gasteiger partial charge is 0.497 e. The third kappa shape index (κ3) is 11.1. The van der Waals surface area contributed by atoms with Crippen LogP contribution >= 0.6 is 7.82 Å². The van der Waals surface area contributed by atoms with E-state index < -0.39 is 57.6 Å². The van der Waals surface area contributed by atoms with Gasteiger partial charge in [0.1, 0.15) is 42.9 Å². The summed E-state index contributed by atoms with van der Waals surface area (Å²) in [4.78, 5) is 40.3. The molecule has 2 aromatic heterocycles. The minimum Gasteiger partial charge on any atom is -0.497 e. The Morgan fingerprint density at radius 2 is 1.59 bits per heavy atom. The van der Waals surface area contributed by atoms with Crippen molar-refractivity contribution in [2.75, 3.05) is 39.4 Å². The molecule has 0 bridgehead atoms. The van der Waals surface area contributed by atoms with Crippen molar-refractivity contribution in [1.82, 2.24) is 19.5 Å². The molecule has 1 fully saturated rings. The summed E-state index contributed by atoms with van der Waals surface area (Å²) < 4.78 is 66.4. The molecule has 0 saturated carbocycles. The number of phosphoric ester groups is 1. The highest BCUT2D eigenvalue weighted by molar-refractivity contribution is 7.48. The lowest BCUT2D eigenvalue weighted by Crippen LogP contribution is -2.67. The molecule has 2 unspecified atom stereocenters. The maximum Gasteiger partial charge on any atom is 0.476 e. The number of benzene rings is 4. The van der Waals surface area contributed by atoms with Gasteiger partial charge in [-0.05, 0) is 33.1 Å². The zero-order valence-corrected chi connectivity index (χ0v) is 40.2. The molecule has 1 aliphatic rings. The number of imidazole rings is 1. The van der Waals surface area contributed by atoms with Gasteiger partial charge in [-0.2, -0.15) is 5.26 Å². The van der Waals surface area contributed by atoms with E-state index in [0.29, 0.717) is 17.1 Å². The van der Waals surface area contributed by atoms with Crippen LogP contribution in [0.4, 0.5) is 10.6 Å². The van der Waals surface area contributed by atoms with Crippen LogP contribution in [0.25, 0.3) is 11.2 Å². The molecule has 7 rings (SSSR count). The van der Waals surface area contributed by atoms with Crippen LogP contribution in [0.15, 0.2) is 135 Å². The molecule has 1 saturated heterocycles. The predicted octanol–water partition coefficient (Wildman–Crippen LogP) is 8.51. The van der Waals surface area contributed by atoms with E-state index in [1.165, 1.54) is 33.0 Å². The lowest BCUT2D eigenvalue weighted by atomic mass is 9.99. The van der Waals surface area contributed by atoms with Gasteiger partial charge >= 0.3 is 13.9 Å². The quantitative estimate of drug-likeness (QED) is 0.0236. The van der Waals surface area contributed by atoms with Gasteiger partial charge < -0.3 is 23.4 Å². The van der Waals surface area contributed by atoms with Gasteiger partial charge in [-0.3, -0.25) is 28.2 Å². The van der Waals surface area contributed by atoms with E-state index in [4.69, 9.17) is 36.9 Å². The maximum atomic E-state index is 15.5. The lowest BCUT2D eigenvalue weighted by molar-refractivity contribution is -0.0433. The van der Waals surface area contributed by atoms with Gasteiger partial charge in [0.15, 0.2) is 28.9 Å². The van der Waals surface area contributed by atoms with Crippen molar-refractivity contribution < 1.29 is 51.1 Å². The van der Waals surface area contributed by atoms with E-state index in [1.807, 2.05) is 42.5 Å². The molecule has 354 valence electrons. The third-order valence-corrected chi connectivity index (χ3v) is 17.7. The molecule has 0 spiro atoms. The average Bonchev–Trinajstić information content (AvgIpc) is 3.97. The third-order valence-electron chi connectivity index (χ3n) is 11.2. The number of Topliss-reactive ketones (excluding diaryl/α,β-unsaturated/α-hetero) is 1. The van der Waals surface area contributed by atoms with Crippen LogP contribution in [0.5, 0.6) is 11.5 Å². The molecule has 4 aromatic carbocycles. The molecule has 3 heterocycles. The minimum atomic E-state index is -4.87. The summed E-state index contributed by atoms with van der Waals surface area (Å²) in [6.07, 6.45) is -1.30. The second-order valence-electron chi connectivity index (χ2n) is 16.6. The van der Waals surface area contributed by atoms with E-state index in [1.54, 1.807) is 53.1 Å². The van der Waals surface area contributed by atoms with Gasteiger partial charge in [-0.15, -0.1) is 0 Å². The number of carbonyl (C=O) groups excluding carboxylic acids is 2. The first-order valence-corrected chi connectivity index (χ1v) is 25.1. The number of methoxy groups -OCH3 is 2. The number of phosphoric acid groups is 1. The number of carbonyl (C=O) groups is 2. The lowest BCUT2D eigenvalue weighted by Gasteiger charge is -2.43. The molecule has 17 nitrogen and oxygen atoms in total. The molecule has 0 radical (unpaired) electrons. The summed E-state index contributed by atoms with van der Waals surface area (Å²) in [6.45, 7) is 9.54. The van der Waals surface area contributed by atoms with Gasteiger partial charge in [0.05, 0.1) is 46.3 Å². The standard InChI is InChI=1S/C49H53N6O11PSi/c1-7-25-61-48(57)54-46-43-47(52-32-51-46)55(33-53-43)42-30-40(41(64-42)31-63-68(49(2,3)4,38-20-13-9-14-21-38)39-22-15-10-16-23-39)65-67(58,62-26-17-24-50)66-45(44(56)34-18-11-8-12-19-34)35-27-36(59-5)29-37(28-35)60-6/h7-16,18-23,27-29,32-33,40-42,45H,1,17,25-26,30-31H2,2-6H3,(H,51,52,54,57)/t40-,41+,42+,45?,67?/m0/s1. The van der Waals surface area contributed by atoms with Crippen molar-refractivity contribution in [3.8, 4) is 17.6 Å². The molecule has 68 heavy (non-hydrogen) atoms. The Labute approximate surface area is 395 Å². The fraction of sp³-hybridized carbons (Fsp3) is 0.306. The number of hydrogen-bond donors (Lipinski definition) is 1. The molecule has 1 aliphatic heterocycles. The SMILES string of the molecule is C=CCOC(=O)Nc1ncnc2c1ncn2[C@H]1C[C@H](OP(=O)(OCCC#N)OC(C(=O)c2ccccc2)c2cc(OC)cc(OC)c2)[C@@H](CO[Si](c2ccccc2)(c2ccccc2)C(C)(C)C)O1. The van der Waals surface area contributed by atoms with Crippen LogP contribution < -0.4 is 25.2 Å². The Balaban J connectivity index is 1.31. The highest BCUT2D eigenvalue weighted by atomic mass is 31.2. The van der Waals surface area contributed by atoms with Gasteiger partial charge in [-0.1, -0.05) is 124 Å². The van der Waals surface area contributed by atoms with Crippen molar-refractivity contribution in [2.45, 2.75) is 63.2 Å². The molecule has 6 aromatic rings. The zero-order valence-electron chi connectivity index (χ0n) is 38.4. The summed E-state index contributed by atoms with van der Waals surface area (Å²) >= 11 is 0. The zero-order chi connectivity index (χ0) is 48.3. The van der Waals surface area contributed by atoms with Crippen molar-refractivity contribution in [1.29, 1.82) is 5.26 Å². The summed E-state index contributed by atoms with van der Waals surface area (Å²) in [5.74, 6) is 0.201. The maximum absolute atomic E-state index is 15.5. The molecule has 1 amide bonds. The van der Waals surface area contributed by atoms with Gasteiger partial charge in [0, 0.05) is 18.1 Å². The first-order chi connectivity index (χ1) is 32.8. The number of nitrogens with one attached hydrogen (secondary N) is 1. The Hall–Kier alpha value is -6.55. The number of fused-ring (bicyclic) bond motifs is 1. The topological polar surface area (TPSA) is 204 Å². The van der Waals surface area contributed by atoms with Crippen LogP contribution in [-0.2, 0) is 32.0 Å². The fourth-order valence-corrected chi connectivity index (χ4v) is 14.2. The van der Waals surface area contributed by atoms with Crippen LogP contribution in [0.3, 0.4) is 0 Å². The summed E-state index contributed by atoms with van der Waals surface area (Å²) in [6, 6.07) is 35.2. The molecule has 0 aliphatic carbocycles. The highest BCUT2D eigenvalue weighted by Crippen LogP contribution is 2.57. The first-order valence-electron chi connectivity index (χ1n) is 21.8. The molecule has 5 atom stereocenters. The number of ether oxygens (including phenoxy) is 4. The Morgan fingerprint density at radius 1 is 0.956 bits per heavy atom. The Kier molecular flexibility index (Phi) is 16.0. The highest BCUT2D eigenvalue weighted by Gasteiger charge is 2.52. The number of rotatable bonds is 21. The smallest absolute Gasteiger partial charge is 0.476 e. The number of amides is 1. The van der Waals surface area contributed by atoms with E-state index in [-0.39, 0.29) is 55.1 Å². The van der Waals surface area contributed by atoms with Crippen molar-refractivity contribution in [2.24, 2.45) is 0 Å². The summed E-state index contributed by atoms with van der Waals surface area (Å²) in [5.41, 5.74) is 1.01. The fourth-order valence-electron chi connectivity index (χ4n) is 8.10. The van der Waals surface area contributed by atoms with E-state index >= 15 is 4.57 Å². The molecule has 19 heteroatoms. The average molecular weight is 961 g/mol. The molecular weight excluding hydrogens is 908 g/mol. The van der Waals surface area contributed by atoms with Gasteiger partial charge in [0.25, 0.3) is 8.32 Å². The van der Waals surface area contributed by atoms with E-state index in [0.717, 1.165) is 10.4 Å². The van der Waals surface area contributed by atoms with Crippen LogP contribution in [0.1, 0.15) is 61.9 Å². The monoisotopic (exact) mass is 960 g/mol. The number of nitrogens with zero attached hydrogens (tertiary/aromatic N) is 5. The number of nitriles is 1.